The minimum Gasteiger partial charge on any atom is -0.387 e. The number of nitrogens with one attached hydrogen (secondary N) is 2. The van der Waals surface area contributed by atoms with Crippen molar-refractivity contribution in [3.63, 3.8) is 0 Å². The summed E-state index contributed by atoms with van der Waals surface area (Å²) in [4.78, 5) is 40.5. The number of aliphatic hydroxyl groups excluding tert-OH is 2. The molecule has 4 atom stereocenters. The molecule has 0 aliphatic carbocycles. The third-order valence-corrected chi connectivity index (χ3v) is 3.62. The smallest absolute Gasteiger partial charge is 0.387 e. The summed E-state index contributed by atoms with van der Waals surface area (Å²) in [7, 11) is 0. The van der Waals surface area contributed by atoms with Crippen LogP contribution in [0.5, 0.6) is 0 Å². The Morgan fingerprint density at radius 3 is 2.67 bits per heavy atom. The van der Waals surface area contributed by atoms with E-state index in [0.717, 1.165) is 16.2 Å². The monoisotopic (exact) mass is 393 g/mol. The Balaban J connectivity index is 2.12. The lowest BCUT2D eigenvalue weighted by atomic mass is 10.1. The Morgan fingerprint density at radius 2 is 2.07 bits per heavy atom. The number of H-pyrrole nitrogens is 1. The van der Waals surface area contributed by atoms with Crippen LogP contribution in [0.2, 0.25) is 0 Å². The molecule has 1 aliphatic rings. The molecule has 1 amide bonds. The molecule has 13 heteroatoms. The van der Waals surface area contributed by atoms with E-state index in [4.69, 9.17) is 11.2 Å². The Kier molecular flexibility index (Phi) is 6.06. The number of aliphatic hydroxyl groups is 2. The molecule has 2 heterocycles. The first-order chi connectivity index (χ1) is 12.6. The highest BCUT2D eigenvalue weighted by atomic mass is 19.4. The second-order valence-corrected chi connectivity index (χ2v) is 5.49. The van der Waals surface area contributed by atoms with E-state index in [-0.39, 0.29) is 12.0 Å². The molecule has 0 aromatic carbocycles. The summed E-state index contributed by atoms with van der Waals surface area (Å²) in [5.41, 5.74) is -0.585. The maximum absolute atomic E-state index is 12.1. The summed E-state index contributed by atoms with van der Waals surface area (Å²) in [5.74, 6) is -0.171. The zero-order valence-electron chi connectivity index (χ0n) is 13.4. The number of hydroxylamine groups is 1. The largest absolute Gasteiger partial charge is 0.473 e. The van der Waals surface area contributed by atoms with Gasteiger partial charge in [-0.05, 0) is 0 Å². The molecule has 4 N–H and O–H groups in total. The maximum atomic E-state index is 12.1. The summed E-state index contributed by atoms with van der Waals surface area (Å²) in [6, 6.07) is 0. The van der Waals surface area contributed by atoms with E-state index in [1.165, 1.54) is 0 Å². The van der Waals surface area contributed by atoms with Gasteiger partial charge in [0.1, 0.15) is 24.9 Å². The summed E-state index contributed by atoms with van der Waals surface area (Å²) in [6.45, 7) is -0.758. The van der Waals surface area contributed by atoms with Gasteiger partial charge in [0.05, 0.1) is 0 Å². The third-order valence-electron chi connectivity index (χ3n) is 3.62. The van der Waals surface area contributed by atoms with Crippen LogP contribution in [0.1, 0.15) is 11.8 Å². The van der Waals surface area contributed by atoms with E-state index in [9.17, 15) is 37.8 Å². The van der Waals surface area contributed by atoms with Crippen molar-refractivity contribution in [3.05, 3.63) is 32.6 Å². The maximum Gasteiger partial charge on any atom is 0.473 e. The molecular weight excluding hydrogens is 379 g/mol. The third kappa shape index (κ3) is 4.55. The van der Waals surface area contributed by atoms with Crippen molar-refractivity contribution in [2.75, 3.05) is 6.61 Å². The van der Waals surface area contributed by atoms with Gasteiger partial charge in [-0.25, -0.2) is 10.3 Å². The minimum atomic E-state index is -5.17. The fourth-order valence-corrected chi connectivity index (χ4v) is 2.30. The van der Waals surface area contributed by atoms with E-state index in [1.54, 1.807) is 0 Å². The van der Waals surface area contributed by atoms with Gasteiger partial charge in [0, 0.05) is 18.2 Å². The van der Waals surface area contributed by atoms with Crippen molar-refractivity contribution < 1.29 is 37.8 Å². The van der Waals surface area contributed by atoms with E-state index in [2.05, 4.69) is 10.8 Å². The summed E-state index contributed by atoms with van der Waals surface area (Å²) in [5, 5.41) is 20.0. The van der Waals surface area contributed by atoms with E-state index >= 15 is 0 Å². The number of rotatable bonds is 5. The van der Waals surface area contributed by atoms with E-state index in [1.807, 2.05) is 4.98 Å². The molecule has 148 valence electrons. The SMILES string of the molecule is C#CCc1cn([C@@H]2O[C@H](CONC(=O)C(F)(F)F)[C@@H](O)[C@H]2O)c(=O)[nH]c1=O. The number of hydrogen-bond donors (Lipinski definition) is 4. The standard InChI is InChI=1S/C14H14F3N3O7/c1-2-3-6-4-20(13(25)18-10(6)23)11-9(22)8(21)7(27-11)5-26-19-12(24)14(15,16)17/h1,4,7-9,11,21-22H,3,5H2,(H,19,24)(H,18,23,25)/t7-,8-,9-,11-/m1/s1. The van der Waals surface area contributed by atoms with Gasteiger partial charge in [-0.3, -0.25) is 24.0 Å². The van der Waals surface area contributed by atoms with Gasteiger partial charge in [0.25, 0.3) is 5.56 Å². The first-order valence-electron chi connectivity index (χ1n) is 7.34. The average Bonchev–Trinajstić information content (AvgIpc) is 2.85. The summed E-state index contributed by atoms with van der Waals surface area (Å²) >= 11 is 0. The van der Waals surface area contributed by atoms with Crippen LogP contribution in [0.15, 0.2) is 15.8 Å². The zero-order valence-corrected chi connectivity index (χ0v) is 13.4. The van der Waals surface area contributed by atoms with Crippen LogP contribution in [-0.4, -0.2) is 56.8 Å². The second-order valence-electron chi connectivity index (χ2n) is 5.49. The number of aromatic nitrogens is 2. The molecule has 10 nitrogen and oxygen atoms in total. The van der Waals surface area contributed by atoms with Crippen molar-refractivity contribution in [2.24, 2.45) is 0 Å². The molecule has 0 unspecified atom stereocenters. The van der Waals surface area contributed by atoms with Crippen LogP contribution in [0.4, 0.5) is 13.2 Å². The number of carbonyl (C=O) groups is 1. The fourth-order valence-electron chi connectivity index (χ4n) is 2.30. The number of aromatic amines is 1. The van der Waals surface area contributed by atoms with Crippen LogP contribution < -0.4 is 16.7 Å². The summed E-state index contributed by atoms with van der Waals surface area (Å²) in [6.07, 6.45) is -5.35. The highest BCUT2D eigenvalue weighted by molar-refractivity contribution is 5.80. The zero-order chi connectivity index (χ0) is 20.4. The first-order valence-corrected chi connectivity index (χ1v) is 7.34. The first kappa shape index (κ1) is 20.6. The molecule has 0 bridgehead atoms. The van der Waals surface area contributed by atoms with Crippen LogP contribution in [0, 0.1) is 12.3 Å². The predicted octanol–water partition coefficient (Wildman–Crippen LogP) is -2.06. The van der Waals surface area contributed by atoms with E-state index < -0.39 is 54.5 Å². The summed E-state index contributed by atoms with van der Waals surface area (Å²) < 4.78 is 42.2. The highest BCUT2D eigenvalue weighted by Gasteiger charge is 2.45. The Labute approximate surface area is 148 Å². The van der Waals surface area contributed by atoms with Gasteiger partial charge in [-0.1, -0.05) is 0 Å². The van der Waals surface area contributed by atoms with Gasteiger partial charge in [0.2, 0.25) is 0 Å². The molecule has 1 fully saturated rings. The van der Waals surface area contributed by atoms with Crippen molar-refractivity contribution in [1.29, 1.82) is 0 Å². The van der Waals surface area contributed by atoms with Gasteiger partial charge in [0.15, 0.2) is 6.23 Å². The normalized spacial score (nSPS) is 25.2. The van der Waals surface area contributed by atoms with Crippen molar-refractivity contribution >= 4 is 5.91 Å². The van der Waals surface area contributed by atoms with Crippen molar-refractivity contribution in [2.45, 2.75) is 37.1 Å². The fraction of sp³-hybridized carbons (Fsp3) is 0.500. The number of amides is 1. The Morgan fingerprint density at radius 1 is 1.41 bits per heavy atom. The van der Waals surface area contributed by atoms with Gasteiger partial charge >= 0.3 is 17.8 Å². The minimum absolute atomic E-state index is 0.0135. The molecule has 1 aromatic rings. The van der Waals surface area contributed by atoms with Crippen molar-refractivity contribution in [3.8, 4) is 12.3 Å². The molecule has 1 aromatic heterocycles. The molecule has 2 rings (SSSR count). The number of carbonyl (C=O) groups excluding carboxylic acids is 1. The number of terminal acetylenes is 1. The predicted molar refractivity (Wildman–Crippen MR) is 79.9 cm³/mol. The average molecular weight is 393 g/mol. The number of ether oxygens (including phenoxy) is 1. The van der Waals surface area contributed by atoms with Crippen LogP contribution in [-0.2, 0) is 20.8 Å². The number of nitrogens with zero attached hydrogens (tertiary/aromatic N) is 1. The van der Waals surface area contributed by atoms with Gasteiger partial charge in [-0.15, -0.1) is 12.3 Å². The quantitative estimate of drug-likeness (QED) is 0.333. The highest BCUT2D eigenvalue weighted by Crippen LogP contribution is 2.28. The molecule has 1 saturated heterocycles. The second kappa shape index (κ2) is 7.92. The van der Waals surface area contributed by atoms with Crippen LogP contribution in [0.25, 0.3) is 0 Å². The molecular formula is C14H14F3N3O7. The molecule has 0 spiro atoms. The lowest BCUT2D eigenvalue weighted by Gasteiger charge is -2.17. The number of alkyl halides is 3. The van der Waals surface area contributed by atoms with Gasteiger partial charge in [-0.2, -0.15) is 13.2 Å². The van der Waals surface area contributed by atoms with Gasteiger partial charge < -0.3 is 14.9 Å². The lowest BCUT2D eigenvalue weighted by Crippen LogP contribution is -2.40. The lowest BCUT2D eigenvalue weighted by molar-refractivity contribution is -0.189. The number of halogens is 3. The molecule has 1 aliphatic heterocycles. The van der Waals surface area contributed by atoms with Crippen molar-refractivity contribution in [1.82, 2.24) is 15.0 Å². The van der Waals surface area contributed by atoms with Crippen LogP contribution in [0.3, 0.4) is 0 Å². The Hall–Kier alpha value is -2.66. The Bertz CT molecular complexity index is 857. The van der Waals surface area contributed by atoms with E-state index in [0.29, 0.717) is 0 Å². The molecule has 27 heavy (non-hydrogen) atoms. The van der Waals surface area contributed by atoms with Crippen LogP contribution >= 0.6 is 0 Å². The molecule has 0 saturated carbocycles. The molecule has 0 radical (unpaired) electrons. The topological polar surface area (TPSA) is 143 Å². The number of hydrogen-bond acceptors (Lipinski definition) is 7.